The molecule has 1 aliphatic heterocycles. The van der Waals surface area contributed by atoms with Crippen molar-refractivity contribution in [1.82, 2.24) is 29.1 Å². The number of aryl methyl sites for hydroxylation is 1. The summed E-state index contributed by atoms with van der Waals surface area (Å²) in [6, 6.07) is 11.7. The first-order valence-electron chi connectivity index (χ1n) is 13.9. The van der Waals surface area contributed by atoms with Crippen LogP contribution in [-0.4, -0.2) is 44.1 Å². The van der Waals surface area contributed by atoms with E-state index in [0.29, 0.717) is 34.4 Å². The molecule has 0 aliphatic carbocycles. The Morgan fingerprint density at radius 3 is 2.75 bits per heavy atom. The second-order valence-electron chi connectivity index (χ2n) is 10.4. The molecule has 224 valence electrons. The molecule has 11 nitrogen and oxygen atoms in total. The van der Waals surface area contributed by atoms with E-state index in [9.17, 15) is 8.42 Å². The third kappa shape index (κ3) is 4.91. The van der Waals surface area contributed by atoms with Crippen molar-refractivity contribution in [2.24, 2.45) is 7.05 Å². The highest BCUT2D eigenvalue weighted by Gasteiger charge is 2.24. The summed E-state index contributed by atoms with van der Waals surface area (Å²) in [6.07, 6.45) is 8.94. The SMILES string of the molecule is Cn1ccc2cc(S(=O)(=O)Nc3ccc(F)c(Nc4ncccc4-c4ncnc5c4ncn5C4CCCCO4)c3F)ccc21. The van der Waals surface area contributed by atoms with Gasteiger partial charge in [-0.2, -0.15) is 0 Å². The molecule has 2 aromatic carbocycles. The fourth-order valence-electron chi connectivity index (χ4n) is 5.39. The minimum absolute atomic E-state index is 0.0627. The van der Waals surface area contributed by atoms with Gasteiger partial charge in [0, 0.05) is 42.5 Å². The summed E-state index contributed by atoms with van der Waals surface area (Å²) in [7, 11) is -2.36. The highest BCUT2D eigenvalue weighted by molar-refractivity contribution is 7.92. The van der Waals surface area contributed by atoms with E-state index in [2.05, 4.69) is 30.0 Å². The predicted octanol–water partition coefficient (Wildman–Crippen LogP) is 5.90. The van der Waals surface area contributed by atoms with Gasteiger partial charge in [0.05, 0.1) is 16.9 Å². The number of rotatable bonds is 7. The Bertz CT molecular complexity index is 2140. The molecule has 44 heavy (non-hydrogen) atoms. The summed E-state index contributed by atoms with van der Waals surface area (Å²) in [5, 5.41) is 3.42. The topological polar surface area (TPSA) is 129 Å². The quantitative estimate of drug-likeness (QED) is 0.227. The first-order valence-corrected chi connectivity index (χ1v) is 15.4. The van der Waals surface area contributed by atoms with Gasteiger partial charge in [-0.3, -0.25) is 9.29 Å². The fraction of sp³-hybridized carbons (Fsp3) is 0.200. The number of fused-ring (bicyclic) bond motifs is 2. The molecule has 0 bridgehead atoms. The molecule has 1 unspecified atom stereocenters. The number of sulfonamides is 1. The van der Waals surface area contributed by atoms with E-state index in [1.54, 1.807) is 36.8 Å². The maximum absolute atomic E-state index is 15.8. The number of anilines is 3. The molecule has 4 aromatic heterocycles. The van der Waals surface area contributed by atoms with Gasteiger partial charge in [0.15, 0.2) is 11.5 Å². The number of hydrogen-bond donors (Lipinski definition) is 2. The van der Waals surface area contributed by atoms with E-state index in [1.807, 2.05) is 16.2 Å². The van der Waals surface area contributed by atoms with Crippen molar-refractivity contribution in [1.29, 1.82) is 0 Å². The third-order valence-corrected chi connectivity index (χ3v) is 9.00. The van der Waals surface area contributed by atoms with Gasteiger partial charge in [-0.05, 0) is 67.8 Å². The largest absolute Gasteiger partial charge is 0.358 e. The fourth-order valence-corrected chi connectivity index (χ4v) is 6.49. The van der Waals surface area contributed by atoms with Crippen LogP contribution in [0.3, 0.4) is 0 Å². The second-order valence-corrected chi connectivity index (χ2v) is 12.1. The molecule has 14 heteroatoms. The molecule has 1 aliphatic rings. The van der Waals surface area contributed by atoms with E-state index in [4.69, 9.17) is 4.74 Å². The number of pyridine rings is 1. The van der Waals surface area contributed by atoms with Crippen molar-refractivity contribution >= 4 is 49.3 Å². The normalized spacial score (nSPS) is 15.6. The zero-order valence-electron chi connectivity index (χ0n) is 23.4. The third-order valence-electron chi connectivity index (χ3n) is 7.63. The summed E-state index contributed by atoms with van der Waals surface area (Å²) in [5.41, 5.74) is 1.65. The number of nitrogens with one attached hydrogen (secondary N) is 2. The molecule has 5 heterocycles. The summed E-state index contributed by atoms with van der Waals surface area (Å²) < 4.78 is 69.1. The summed E-state index contributed by atoms with van der Waals surface area (Å²) in [6.45, 7) is 0.646. The van der Waals surface area contributed by atoms with E-state index in [-0.39, 0.29) is 16.9 Å². The summed E-state index contributed by atoms with van der Waals surface area (Å²) in [4.78, 5) is 17.6. The Morgan fingerprint density at radius 1 is 1.02 bits per heavy atom. The first kappa shape index (κ1) is 27.9. The smallest absolute Gasteiger partial charge is 0.262 e. The standard InChI is InChI=1S/C30H26F2N8O3S/c1-39-13-11-18-15-19(7-10-23(18)39)44(41,42)38-22-9-8-21(31)27(25(22)32)37-29-20(5-4-12-33-29)26-28-30(35-16-34-26)40(17-36-28)24-6-2-3-14-43-24/h4-5,7-13,15-17,24,38H,2-3,6,14H2,1H3,(H,33,37). The minimum Gasteiger partial charge on any atom is -0.358 e. The van der Waals surface area contributed by atoms with Gasteiger partial charge < -0.3 is 14.6 Å². The molecule has 1 atom stereocenters. The van der Waals surface area contributed by atoms with Crippen LogP contribution in [0, 0.1) is 11.6 Å². The molecule has 0 amide bonds. The number of hydrogen-bond acceptors (Lipinski definition) is 8. The van der Waals surface area contributed by atoms with Crippen LogP contribution in [-0.2, 0) is 21.8 Å². The van der Waals surface area contributed by atoms with Gasteiger partial charge >= 0.3 is 0 Å². The molecular formula is C30H26F2N8O3S. The van der Waals surface area contributed by atoms with Gasteiger partial charge in [0.1, 0.15) is 41.1 Å². The molecule has 1 saturated heterocycles. The lowest BCUT2D eigenvalue weighted by molar-refractivity contribution is -0.0298. The number of halogens is 2. The highest BCUT2D eigenvalue weighted by atomic mass is 32.2. The maximum atomic E-state index is 15.8. The number of imidazole rings is 1. The zero-order chi connectivity index (χ0) is 30.4. The van der Waals surface area contributed by atoms with Gasteiger partial charge in [-0.1, -0.05) is 0 Å². The molecule has 0 spiro atoms. The minimum atomic E-state index is -4.21. The van der Waals surface area contributed by atoms with Crippen LogP contribution >= 0.6 is 0 Å². The van der Waals surface area contributed by atoms with E-state index < -0.39 is 33.0 Å². The van der Waals surface area contributed by atoms with Crippen LogP contribution in [0.5, 0.6) is 0 Å². The Morgan fingerprint density at radius 2 is 1.91 bits per heavy atom. The summed E-state index contributed by atoms with van der Waals surface area (Å²) >= 11 is 0. The Kier molecular flexibility index (Phi) is 6.94. The lowest BCUT2D eigenvalue weighted by Gasteiger charge is -2.23. The number of benzene rings is 2. The number of nitrogens with zero attached hydrogens (tertiary/aromatic N) is 6. The van der Waals surface area contributed by atoms with Gasteiger partial charge in [-0.25, -0.2) is 37.1 Å². The van der Waals surface area contributed by atoms with E-state index in [0.717, 1.165) is 36.9 Å². The average molecular weight is 617 g/mol. The molecular weight excluding hydrogens is 590 g/mol. The lowest BCUT2D eigenvalue weighted by Crippen LogP contribution is -2.17. The first-order chi connectivity index (χ1) is 21.3. The van der Waals surface area contributed by atoms with Crippen molar-refractivity contribution in [3.05, 3.63) is 85.2 Å². The van der Waals surface area contributed by atoms with Crippen LogP contribution in [0.25, 0.3) is 33.3 Å². The Hall–Kier alpha value is -4.95. The van der Waals surface area contributed by atoms with Crippen molar-refractivity contribution in [3.8, 4) is 11.3 Å². The molecule has 0 saturated carbocycles. The Labute approximate surface area is 250 Å². The van der Waals surface area contributed by atoms with Crippen LogP contribution in [0.15, 0.2) is 78.5 Å². The number of ether oxygens (including phenoxy) is 1. The molecule has 0 radical (unpaired) electrons. The molecule has 6 aromatic rings. The molecule has 7 rings (SSSR count). The van der Waals surface area contributed by atoms with E-state index >= 15 is 8.78 Å². The summed E-state index contributed by atoms with van der Waals surface area (Å²) in [5.74, 6) is -2.00. The molecule has 2 N–H and O–H groups in total. The zero-order valence-corrected chi connectivity index (χ0v) is 24.2. The average Bonchev–Trinajstić information content (AvgIpc) is 3.65. The van der Waals surface area contributed by atoms with Crippen molar-refractivity contribution in [2.45, 2.75) is 30.4 Å². The van der Waals surface area contributed by atoms with Crippen molar-refractivity contribution in [2.75, 3.05) is 16.6 Å². The van der Waals surface area contributed by atoms with Crippen LogP contribution < -0.4 is 10.0 Å². The van der Waals surface area contributed by atoms with Gasteiger partial charge in [-0.15, -0.1) is 0 Å². The van der Waals surface area contributed by atoms with Crippen molar-refractivity contribution < 1.29 is 21.9 Å². The lowest BCUT2D eigenvalue weighted by atomic mass is 10.1. The Balaban J connectivity index is 1.22. The van der Waals surface area contributed by atoms with Crippen LogP contribution in [0.2, 0.25) is 0 Å². The maximum Gasteiger partial charge on any atom is 0.262 e. The highest BCUT2D eigenvalue weighted by Crippen LogP contribution is 2.36. The predicted molar refractivity (Wildman–Crippen MR) is 161 cm³/mol. The van der Waals surface area contributed by atoms with Crippen molar-refractivity contribution in [3.63, 3.8) is 0 Å². The second kappa shape index (κ2) is 11.0. The van der Waals surface area contributed by atoms with E-state index in [1.165, 1.54) is 24.7 Å². The van der Waals surface area contributed by atoms with Crippen LogP contribution in [0.4, 0.5) is 26.0 Å². The van der Waals surface area contributed by atoms with Gasteiger partial charge in [0.25, 0.3) is 10.0 Å². The van der Waals surface area contributed by atoms with Gasteiger partial charge in [0.2, 0.25) is 0 Å². The number of aromatic nitrogens is 6. The monoisotopic (exact) mass is 616 g/mol. The van der Waals surface area contributed by atoms with Crippen LogP contribution in [0.1, 0.15) is 25.5 Å². The molecule has 1 fully saturated rings.